The zero-order valence-electron chi connectivity index (χ0n) is 8.45. The molecule has 1 amide bonds. The third kappa shape index (κ3) is 2.17. The third-order valence-corrected chi connectivity index (χ3v) is 2.41. The van der Waals surface area contributed by atoms with Crippen LogP contribution in [0.3, 0.4) is 0 Å². The van der Waals surface area contributed by atoms with E-state index >= 15 is 0 Å². The van der Waals surface area contributed by atoms with Crippen molar-refractivity contribution in [2.24, 2.45) is 0 Å². The van der Waals surface area contributed by atoms with Gasteiger partial charge in [-0.3, -0.25) is 10.1 Å². The number of rotatable bonds is 2. The van der Waals surface area contributed by atoms with Gasteiger partial charge in [-0.25, -0.2) is 0 Å². The average molecular weight is 200 g/mol. The van der Waals surface area contributed by atoms with Crippen LogP contribution in [0.25, 0.3) is 0 Å². The van der Waals surface area contributed by atoms with E-state index in [-0.39, 0.29) is 18.0 Å². The van der Waals surface area contributed by atoms with E-state index < -0.39 is 0 Å². The Morgan fingerprint density at radius 1 is 1.60 bits per heavy atom. The van der Waals surface area contributed by atoms with E-state index in [2.05, 4.69) is 16.6 Å². The van der Waals surface area contributed by atoms with Crippen LogP contribution in [0.1, 0.15) is 12.5 Å². The molecule has 2 rings (SSSR count). The third-order valence-electron chi connectivity index (χ3n) is 2.41. The molecular formula is C12H12N2O. The van der Waals surface area contributed by atoms with Gasteiger partial charge in [0.2, 0.25) is 5.91 Å². The maximum absolute atomic E-state index is 11.6. The molecule has 1 heterocycles. The van der Waals surface area contributed by atoms with E-state index in [0.717, 1.165) is 11.3 Å². The fourth-order valence-corrected chi connectivity index (χ4v) is 1.44. The zero-order chi connectivity index (χ0) is 10.8. The van der Waals surface area contributed by atoms with Crippen LogP contribution >= 0.6 is 0 Å². The normalized spacial score (nSPS) is 22.9. The maximum atomic E-state index is 11.6. The first-order chi connectivity index (χ1) is 7.20. The molecule has 1 fully saturated rings. The number of terminal acetylenes is 1. The molecule has 1 aromatic carbocycles. The van der Waals surface area contributed by atoms with Crippen molar-refractivity contribution in [2.75, 3.05) is 5.32 Å². The summed E-state index contributed by atoms with van der Waals surface area (Å²) in [7, 11) is 0. The topological polar surface area (TPSA) is 51.0 Å². The SMILES string of the molecule is C#Cc1cccc(NC(=O)C2NC2C)c1. The zero-order valence-corrected chi connectivity index (χ0v) is 8.45. The Balaban J connectivity index is 2.05. The number of hydrogen-bond acceptors (Lipinski definition) is 2. The molecule has 1 aliphatic heterocycles. The Labute approximate surface area is 88.9 Å². The van der Waals surface area contributed by atoms with Crippen molar-refractivity contribution in [3.8, 4) is 12.3 Å². The average Bonchev–Trinajstić information content (AvgIpc) is 2.96. The molecule has 0 radical (unpaired) electrons. The monoisotopic (exact) mass is 200 g/mol. The molecule has 1 saturated heterocycles. The minimum absolute atomic E-state index is 0.00308. The minimum Gasteiger partial charge on any atom is -0.325 e. The van der Waals surface area contributed by atoms with Crippen molar-refractivity contribution in [3.05, 3.63) is 29.8 Å². The van der Waals surface area contributed by atoms with Gasteiger partial charge in [-0.2, -0.15) is 0 Å². The van der Waals surface area contributed by atoms with Gasteiger partial charge in [-0.05, 0) is 25.1 Å². The van der Waals surface area contributed by atoms with E-state index in [4.69, 9.17) is 6.42 Å². The Bertz CT molecular complexity index is 433. The Morgan fingerprint density at radius 2 is 2.33 bits per heavy atom. The van der Waals surface area contributed by atoms with Crippen LogP contribution in [0.15, 0.2) is 24.3 Å². The summed E-state index contributed by atoms with van der Waals surface area (Å²) in [6.07, 6.45) is 5.27. The van der Waals surface area contributed by atoms with E-state index in [1.807, 2.05) is 25.1 Å². The first-order valence-electron chi connectivity index (χ1n) is 4.84. The van der Waals surface area contributed by atoms with Crippen molar-refractivity contribution in [3.63, 3.8) is 0 Å². The quantitative estimate of drug-likeness (QED) is 0.552. The van der Waals surface area contributed by atoms with Crippen molar-refractivity contribution in [1.82, 2.24) is 5.32 Å². The molecule has 0 spiro atoms. The van der Waals surface area contributed by atoms with Crippen LogP contribution in [-0.2, 0) is 4.79 Å². The molecule has 3 nitrogen and oxygen atoms in total. The Hall–Kier alpha value is -1.79. The van der Waals surface area contributed by atoms with Gasteiger partial charge in [0.1, 0.15) is 6.04 Å². The molecule has 3 heteroatoms. The molecule has 0 bridgehead atoms. The highest BCUT2D eigenvalue weighted by Gasteiger charge is 2.38. The van der Waals surface area contributed by atoms with Gasteiger partial charge >= 0.3 is 0 Å². The van der Waals surface area contributed by atoms with Crippen molar-refractivity contribution in [1.29, 1.82) is 0 Å². The van der Waals surface area contributed by atoms with Crippen molar-refractivity contribution >= 4 is 11.6 Å². The first-order valence-corrected chi connectivity index (χ1v) is 4.84. The highest BCUT2D eigenvalue weighted by molar-refractivity contribution is 5.97. The molecule has 2 unspecified atom stereocenters. The fraction of sp³-hybridized carbons (Fsp3) is 0.250. The fourth-order valence-electron chi connectivity index (χ4n) is 1.44. The number of amides is 1. The van der Waals surface area contributed by atoms with Crippen LogP contribution in [0.5, 0.6) is 0 Å². The number of hydrogen-bond donors (Lipinski definition) is 2. The molecule has 15 heavy (non-hydrogen) atoms. The Morgan fingerprint density at radius 3 is 2.93 bits per heavy atom. The van der Waals surface area contributed by atoms with Crippen molar-refractivity contribution < 1.29 is 4.79 Å². The van der Waals surface area contributed by atoms with Gasteiger partial charge in [0.25, 0.3) is 0 Å². The summed E-state index contributed by atoms with van der Waals surface area (Å²) in [5.41, 5.74) is 1.51. The van der Waals surface area contributed by atoms with Crippen LogP contribution in [0.4, 0.5) is 5.69 Å². The van der Waals surface area contributed by atoms with Gasteiger partial charge in [-0.15, -0.1) is 6.42 Å². The molecule has 0 aromatic heterocycles. The van der Waals surface area contributed by atoms with Crippen LogP contribution < -0.4 is 10.6 Å². The van der Waals surface area contributed by atoms with Gasteiger partial charge in [-0.1, -0.05) is 12.0 Å². The molecule has 2 N–H and O–H groups in total. The lowest BCUT2D eigenvalue weighted by molar-refractivity contribution is -0.115. The van der Waals surface area contributed by atoms with Crippen LogP contribution in [-0.4, -0.2) is 18.0 Å². The van der Waals surface area contributed by atoms with Gasteiger partial charge in [0.05, 0.1) is 0 Å². The van der Waals surface area contributed by atoms with E-state index in [9.17, 15) is 4.79 Å². The second kappa shape index (κ2) is 3.76. The van der Waals surface area contributed by atoms with Gasteiger partial charge < -0.3 is 5.32 Å². The highest BCUT2D eigenvalue weighted by Crippen LogP contribution is 2.14. The number of nitrogens with one attached hydrogen (secondary N) is 2. The molecule has 76 valence electrons. The standard InChI is InChI=1S/C12H12N2O/c1-3-9-5-4-6-10(7-9)14-12(15)11-8(2)13-11/h1,4-8,11,13H,2H3,(H,14,15). The molecule has 0 saturated carbocycles. The number of carbonyl (C=O) groups is 1. The van der Waals surface area contributed by atoms with E-state index in [1.165, 1.54) is 0 Å². The summed E-state index contributed by atoms with van der Waals surface area (Å²) in [5.74, 6) is 2.52. The van der Waals surface area contributed by atoms with E-state index in [1.54, 1.807) is 6.07 Å². The highest BCUT2D eigenvalue weighted by atomic mass is 16.2. The summed E-state index contributed by atoms with van der Waals surface area (Å²) in [6.45, 7) is 1.97. The Kier molecular flexibility index (Phi) is 2.44. The van der Waals surface area contributed by atoms with Crippen LogP contribution in [0, 0.1) is 12.3 Å². The number of benzene rings is 1. The first kappa shape index (κ1) is 9.75. The predicted molar refractivity (Wildman–Crippen MR) is 59.4 cm³/mol. The molecule has 1 aliphatic rings. The second-order valence-corrected chi connectivity index (χ2v) is 3.65. The predicted octanol–water partition coefficient (Wildman–Crippen LogP) is 0.967. The lowest BCUT2D eigenvalue weighted by atomic mass is 10.2. The number of carbonyl (C=O) groups excluding carboxylic acids is 1. The summed E-state index contributed by atoms with van der Waals surface area (Å²) < 4.78 is 0. The van der Waals surface area contributed by atoms with Crippen molar-refractivity contribution in [2.45, 2.75) is 19.0 Å². The molecule has 0 aliphatic carbocycles. The van der Waals surface area contributed by atoms with E-state index in [0.29, 0.717) is 0 Å². The second-order valence-electron chi connectivity index (χ2n) is 3.65. The maximum Gasteiger partial charge on any atom is 0.243 e. The van der Waals surface area contributed by atoms with Gasteiger partial charge in [0.15, 0.2) is 0 Å². The molecule has 1 aromatic rings. The lowest BCUT2D eigenvalue weighted by Crippen LogP contribution is -2.20. The minimum atomic E-state index is -0.0560. The summed E-state index contributed by atoms with van der Waals surface area (Å²) in [5, 5.41) is 5.84. The summed E-state index contributed by atoms with van der Waals surface area (Å²) >= 11 is 0. The summed E-state index contributed by atoms with van der Waals surface area (Å²) in [4.78, 5) is 11.6. The number of anilines is 1. The smallest absolute Gasteiger partial charge is 0.243 e. The molecule has 2 atom stereocenters. The van der Waals surface area contributed by atoms with Gasteiger partial charge in [0, 0.05) is 17.3 Å². The molecular weight excluding hydrogens is 188 g/mol. The lowest BCUT2D eigenvalue weighted by Gasteiger charge is -2.03. The van der Waals surface area contributed by atoms with Crippen LogP contribution in [0.2, 0.25) is 0 Å². The largest absolute Gasteiger partial charge is 0.325 e. The summed E-state index contributed by atoms with van der Waals surface area (Å²) in [6, 6.07) is 7.49.